The van der Waals surface area contributed by atoms with Crippen LogP contribution >= 0.6 is 0 Å². The van der Waals surface area contributed by atoms with E-state index >= 15 is 0 Å². The largest absolute Gasteiger partial charge is 0.383 e. The molecule has 17 heavy (non-hydrogen) atoms. The predicted octanol–water partition coefficient (Wildman–Crippen LogP) is 2.80. The number of methoxy groups -OCH3 is 1. The summed E-state index contributed by atoms with van der Waals surface area (Å²) < 4.78 is 5.03. The third kappa shape index (κ3) is 5.33. The first-order valence-corrected chi connectivity index (χ1v) is 6.29. The fraction of sp³-hybridized carbons (Fsp3) is 0.600. The Morgan fingerprint density at radius 1 is 1.24 bits per heavy atom. The van der Waals surface area contributed by atoms with E-state index in [1.54, 1.807) is 7.11 Å². The molecule has 0 heterocycles. The van der Waals surface area contributed by atoms with Gasteiger partial charge in [-0.05, 0) is 29.9 Å². The van der Waals surface area contributed by atoms with Gasteiger partial charge in [0, 0.05) is 20.2 Å². The van der Waals surface area contributed by atoms with Gasteiger partial charge in [-0.2, -0.15) is 0 Å². The summed E-state index contributed by atoms with van der Waals surface area (Å²) in [6.45, 7) is 9.51. The summed E-state index contributed by atoms with van der Waals surface area (Å²) >= 11 is 0. The van der Waals surface area contributed by atoms with Gasteiger partial charge >= 0.3 is 0 Å². The van der Waals surface area contributed by atoms with Gasteiger partial charge in [-0.25, -0.2) is 0 Å². The third-order valence-corrected chi connectivity index (χ3v) is 3.02. The highest BCUT2D eigenvalue weighted by Gasteiger charge is 2.18. The Bertz CT molecular complexity index is 333. The number of aryl methyl sites for hydroxylation is 1. The molecule has 96 valence electrons. The highest BCUT2D eigenvalue weighted by atomic mass is 16.5. The standard InChI is InChI=1S/C15H25NO/c1-13-7-5-6-8-14(13)11-15(2,3)12-16-9-10-17-4/h5-8,16H,9-12H2,1-4H3. The SMILES string of the molecule is COCCNCC(C)(C)Cc1ccccc1C. The summed E-state index contributed by atoms with van der Waals surface area (Å²) in [4.78, 5) is 0. The van der Waals surface area contributed by atoms with E-state index in [-0.39, 0.29) is 5.41 Å². The quantitative estimate of drug-likeness (QED) is 0.734. The van der Waals surface area contributed by atoms with Crippen LogP contribution in [0.3, 0.4) is 0 Å². The van der Waals surface area contributed by atoms with Crippen molar-refractivity contribution < 1.29 is 4.74 Å². The summed E-state index contributed by atoms with van der Waals surface area (Å²) in [7, 11) is 1.74. The molecule has 1 aromatic rings. The summed E-state index contributed by atoms with van der Waals surface area (Å²) in [5.74, 6) is 0. The van der Waals surface area contributed by atoms with Gasteiger partial charge in [0.2, 0.25) is 0 Å². The number of rotatable bonds is 7. The second kappa shape index (κ2) is 6.77. The molecule has 0 aliphatic heterocycles. The molecule has 0 unspecified atom stereocenters. The molecule has 0 amide bonds. The van der Waals surface area contributed by atoms with E-state index in [4.69, 9.17) is 4.74 Å². The van der Waals surface area contributed by atoms with Gasteiger partial charge in [-0.3, -0.25) is 0 Å². The molecule has 0 fully saturated rings. The predicted molar refractivity (Wildman–Crippen MR) is 73.4 cm³/mol. The number of nitrogens with one attached hydrogen (secondary N) is 1. The number of hydrogen-bond acceptors (Lipinski definition) is 2. The van der Waals surface area contributed by atoms with Crippen LogP contribution < -0.4 is 5.32 Å². The molecule has 2 nitrogen and oxygen atoms in total. The average Bonchev–Trinajstić information content (AvgIpc) is 2.28. The van der Waals surface area contributed by atoms with Crippen LogP contribution in [0.15, 0.2) is 24.3 Å². The first-order chi connectivity index (χ1) is 8.05. The van der Waals surface area contributed by atoms with E-state index in [9.17, 15) is 0 Å². The molecule has 1 rings (SSSR count). The molecule has 1 aromatic carbocycles. The maximum Gasteiger partial charge on any atom is 0.0587 e. The fourth-order valence-corrected chi connectivity index (χ4v) is 1.99. The Labute approximate surface area is 105 Å². The van der Waals surface area contributed by atoms with E-state index < -0.39 is 0 Å². The first-order valence-electron chi connectivity index (χ1n) is 6.29. The van der Waals surface area contributed by atoms with Crippen molar-refractivity contribution in [3.63, 3.8) is 0 Å². The molecule has 0 aliphatic carbocycles. The smallest absolute Gasteiger partial charge is 0.0587 e. The molecular formula is C15H25NO. The van der Waals surface area contributed by atoms with Crippen molar-refractivity contribution in [1.82, 2.24) is 5.32 Å². The van der Waals surface area contributed by atoms with Crippen LogP contribution in [0, 0.1) is 12.3 Å². The van der Waals surface area contributed by atoms with Crippen molar-refractivity contribution in [2.24, 2.45) is 5.41 Å². The van der Waals surface area contributed by atoms with Gasteiger partial charge < -0.3 is 10.1 Å². The zero-order valence-corrected chi connectivity index (χ0v) is 11.5. The van der Waals surface area contributed by atoms with Gasteiger partial charge in [-0.1, -0.05) is 38.1 Å². The Morgan fingerprint density at radius 2 is 1.94 bits per heavy atom. The first kappa shape index (κ1) is 14.2. The lowest BCUT2D eigenvalue weighted by Gasteiger charge is -2.26. The van der Waals surface area contributed by atoms with Crippen LogP contribution in [0.4, 0.5) is 0 Å². The van der Waals surface area contributed by atoms with E-state index in [0.717, 1.165) is 26.1 Å². The molecule has 0 spiro atoms. The minimum atomic E-state index is 0.278. The van der Waals surface area contributed by atoms with E-state index in [1.807, 2.05) is 0 Å². The number of hydrogen-bond donors (Lipinski definition) is 1. The van der Waals surface area contributed by atoms with Crippen molar-refractivity contribution in [2.75, 3.05) is 26.8 Å². The van der Waals surface area contributed by atoms with Crippen molar-refractivity contribution in [3.05, 3.63) is 35.4 Å². The van der Waals surface area contributed by atoms with Gasteiger partial charge in [0.1, 0.15) is 0 Å². The Kier molecular flexibility index (Phi) is 5.66. The molecule has 1 N–H and O–H groups in total. The van der Waals surface area contributed by atoms with Gasteiger partial charge in [0.15, 0.2) is 0 Å². The van der Waals surface area contributed by atoms with Gasteiger partial charge in [0.25, 0.3) is 0 Å². The molecule has 0 bridgehead atoms. The molecule has 0 radical (unpaired) electrons. The lowest BCUT2D eigenvalue weighted by molar-refractivity contribution is 0.194. The average molecular weight is 235 g/mol. The van der Waals surface area contributed by atoms with Crippen LogP contribution in [0.25, 0.3) is 0 Å². The van der Waals surface area contributed by atoms with Crippen LogP contribution in [0.1, 0.15) is 25.0 Å². The molecule has 0 saturated carbocycles. The monoisotopic (exact) mass is 235 g/mol. The lowest BCUT2D eigenvalue weighted by Crippen LogP contribution is -2.33. The molecule has 0 saturated heterocycles. The minimum Gasteiger partial charge on any atom is -0.383 e. The van der Waals surface area contributed by atoms with Crippen molar-refractivity contribution in [1.29, 1.82) is 0 Å². The summed E-state index contributed by atoms with van der Waals surface area (Å²) in [6, 6.07) is 8.63. The summed E-state index contributed by atoms with van der Waals surface area (Å²) in [5.41, 5.74) is 3.11. The Hall–Kier alpha value is -0.860. The second-order valence-corrected chi connectivity index (χ2v) is 5.44. The fourth-order valence-electron chi connectivity index (χ4n) is 1.99. The van der Waals surface area contributed by atoms with Crippen molar-refractivity contribution in [3.8, 4) is 0 Å². The van der Waals surface area contributed by atoms with E-state index in [2.05, 4.69) is 50.4 Å². The zero-order valence-electron chi connectivity index (χ0n) is 11.5. The summed E-state index contributed by atoms with van der Waals surface area (Å²) in [6.07, 6.45) is 1.11. The van der Waals surface area contributed by atoms with Crippen molar-refractivity contribution in [2.45, 2.75) is 27.2 Å². The highest BCUT2D eigenvalue weighted by molar-refractivity contribution is 5.26. The Morgan fingerprint density at radius 3 is 2.59 bits per heavy atom. The molecule has 0 aromatic heterocycles. The summed E-state index contributed by atoms with van der Waals surface area (Å²) in [5, 5.41) is 3.44. The lowest BCUT2D eigenvalue weighted by atomic mass is 9.84. The molecule has 0 aliphatic rings. The van der Waals surface area contributed by atoms with Crippen molar-refractivity contribution >= 4 is 0 Å². The minimum absolute atomic E-state index is 0.278. The zero-order chi connectivity index (χ0) is 12.7. The van der Waals surface area contributed by atoms with Crippen LogP contribution in [0.5, 0.6) is 0 Å². The van der Waals surface area contributed by atoms with E-state index in [0.29, 0.717) is 0 Å². The van der Waals surface area contributed by atoms with Gasteiger partial charge in [0.05, 0.1) is 6.61 Å². The second-order valence-electron chi connectivity index (χ2n) is 5.44. The van der Waals surface area contributed by atoms with E-state index in [1.165, 1.54) is 11.1 Å². The van der Waals surface area contributed by atoms with Gasteiger partial charge in [-0.15, -0.1) is 0 Å². The Balaban J connectivity index is 2.46. The van der Waals surface area contributed by atoms with Crippen LogP contribution in [0.2, 0.25) is 0 Å². The normalized spacial score (nSPS) is 11.8. The van der Waals surface area contributed by atoms with Crippen LogP contribution in [-0.4, -0.2) is 26.8 Å². The third-order valence-electron chi connectivity index (χ3n) is 3.02. The van der Waals surface area contributed by atoms with Crippen LogP contribution in [-0.2, 0) is 11.2 Å². The molecule has 0 atom stereocenters. The molecular weight excluding hydrogens is 210 g/mol. The highest BCUT2D eigenvalue weighted by Crippen LogP contribution is 2.22. The maximum absolute atomic E-state index is 5.03. The molecule has 2 heteroatoms. The number of ether oxygens (including phenoxy) is 1. The maximum atomic E-state index is 5.03. The topological polar surface area (TPSA) is 21.3 Å². The number of benzene rings is 1.